The molecule has 0 spiro atoms. The van der Waals surface area contributed by atoms with E-state index in [2.05, 4.69) is 32.8 Å². The molecule has 0 radical (unpaired) electrons. The number of hydroxylamine groups is 1. The minimum Gasteiger partial charge on any atom is -0.599 e. The van der Waals surface area contributed by atoms with E-state index in [0.29, 0.717) is 29.7 Å². The first-order valence-corrected chi connectivity index (χ1v) is 8.44. The maximum absolute atomic E-state index is 12.7. The maximum atomic E-state index is 12.7. The smallest absolute Gasteiger partial charge is 0.209 e. The highest BCUT2D eigenvalue weighted by atomic mass is 16.5. The van der Waals surface area contributed by atoms with Gasteiger partial charge in [-0.05, 0) is 36.7 Å². The molecule has 0 aromatic heterocycles. The van der Waals surface area contributed by atoms with E-state index in [-0.39, 0.29) is 17.0 Å². The van der Waals surface area contributed by atoms with Gasteiger partial charge in [-0.3, -0.25) is 0 Å². The Kier molecular flexibility index (Phi) is 1.90. The van der Waals surface area contributed by atoms with Crippen molar-refractivity contribution in [3.63, 3.8) is 0 Å². The molecule has 0 N–H and O–H groups in total. The summed E-state index contributed by atoms with van der Waals surface area (Å²) in [5, 5.41) is 26.7. The quantitative estimate of drug-likeness (QED) is 0.498. The lowest BCUT2D eigenvalue weighted by Crippen LogP contribution is -2.61. The monoisotopic (exact) mass is 288 g/mol. The van der Waals surface area contributed by atoms with Gasteiger partial charge in [-0.1, -0.05) is 25.1 Å². The number of azo groups is 2. The fourth-order valence-electron chi connectivity index (χ4n) is 6.85. The summed E-state index contributed by atoms with van der Waals surface area (Å²) in [6, 6.07) is 0.557. The Balaban J connectivity index is 1.75. The number of rotatable bonds is 0. The van der Waals surface area contributed by atoms with Crippen molar-refractivity contribution >= 4 is 0 Å². The molecule has 3 fully saturated rings. The molecule has 0 aromatic carbocycles. The number of hydrogen-bond acceptors (Lipinski definition) is 4. The molecule has 3 saturated carbocycles. The third-order valence-corrected chi connectivity index (χ3v) is 8.48. The Hall–Kier alpha value is -1.00. The van der Waals surface area contributed by atoms with Gasteiger partial charge in [-0.2, -0.15) is 10.2 Å². The van der Waals surface area contributed by atoms with E-state index in [0.717, 1.165) is 4.86 Å². The third-order valence-electron chi connectivity index (χ3n) is 8.48. The van der Waals surface area contributed by atoms with Gasteiger partial charge in [0, 0.05) is 12.8 Å². The fourth-order valence-corrected chi connectivity index (χ4v) is 6.85. The Morgan fingerprint density at radius 1 is 0.952 bits per heavy atom. The zero-order valence-electron chi connectivity index (χ0n) is 13.3. The van der Waals surface area contributed by atoms with Crippen molar-refractivity contribution in [3.8, 4) is 0 Å². The highest BCUT2D eigenvalue weighted by molar-refractivity contribution is 5.30. The van der Waals surface area contributed by atoms with Gasteiger partial charge in [0.1, 0.15) is 5.54 Å². The summed E-state index contributed by atoms with van der Waals surface area (Å²) < 4.78 is 0. The molecule has 5 nitrogen and oxygen atoms in total. The van der Waals surface area contributed by atoms with Crippen LogP contribution in [-0.2, 0) is 0 Å². The van der Waals surface area contributed by atoms with Crippen molar-refractivity contribution in [1.29, 1.82) is 0 Å². The molecular formula is C16H24N4O. The van der Waals surface area contributed by atoms with Gasteiger partial charge >= 0.3 is 0 Å². The van der Waals surface area contributed by atoms with Crippen LogP contribution in [-0.4, -0.2) is 28.0 Å². The van der Waals surface area contributed by atoms with E-state index < -0.39 is 5.54 Å². The SMILES string of the molecule is CC12N=[N+]([O-])[C@](C)([C@H]3C1C1N=N[C@@H]3C3CCC[C@H]13)C2(C)C. The van der Waals surface area contributed by atoms with Gasteiger partial charge in [0.2, 0.25) is 5.54 Å². The predicted molar refractivity (Wildman–Crippen MR) is 76.9 cm³/mol. The topological polar surface area (TPSA) is 63.1 Å². The third kappa shape index (κ3) is 0.976. The summed E-state index contributed by atoms with van der Waals surface area (Å²) in [6.07, 6.45) is 3.88. The lowest BCUT2D eigenvalue weighted by Gasteiger charge is -2.51. The van der Waals surface area contributed by atoms with Crippen LogP contribution < -0.4 is 0 Å². The second-order valence-electron chi connectivity index (χ2n) is 8.82. The largest absolute Gasteiger partial charge is 0.599 e. The van der Waals surface area contributed by atoms with Crippen LogP contribution in [0.15, 0.2) is 15.3 Å². The predicted octanol–water partition coefficient (Wildman–Crippen LogP) is 3.39. The van der Waals surface area contributed by atoms with E-state index in [1.54, 1.807) is 0 Å². The van der Waals surface area contributed by atoms with Crippen molar-refractivity contribution in [2.75, 3.05) is 0 Å². The lowest BCUT2D eigenvalue weighted by molar-refractivity contribution is -0.621. The summed E-state index contributed by atoms with van der Waals surface area (Å²) in [4.78, 5) is 1.05. The summed E-state index contributed by atoms with van der Waals surface area (Å²) in [5.41, 5.74) is -0.839. The van der Waals surface area contributed by atoms with Crippen LogP contribution in [0.25, 0.3) is 0 Å². The summed E-state index contributed by atoms with van der Waals surface area (Å²) in [5.74, 6) is 2.09. The summed E-state index contributed by atoms with van der Waals surface area (Å²) in [6.45, 7) is 8.82. The molecule has 4 unspecified atom stereocenters. The van der Waals surface area contributed by atoms with Crippen LogP contribution >= 0.6 is 0 Å². The highest BCUT2D eigenvalue weighted by Crippen LogP contribution is 2.72. The molecule has 3 aliphatic heterocycles. The molecule has 0 saturated heterocycles. The Morgan fingerprint density at radius 3 is 2.14 bits per heavy atom. The molecule has 0 aromatic rings. The Labute approximate surface area is 125 Å². The Morgan fingerprint density at radius 2 is 1.52 bits per heavy atom. The van der Waals surface area contributed by atoms with Gasteiger partial charge < -0.3 is 5.21 Å². The van der Waals surface area contributed by atoms with E-state index >= 15 is 0 Å². The molecule has 114 valence electrons. The molecule has 0 amide bonds. The molecular weight excluding hydrogens is 264 g/mol. The number of fused-ring (bicyclic) bond motifs is 2. The van der Waals surface area contributed by atoms with Crippen molar-refractivity contribution in [2.45, 2.75) is 70.1 Å². The first-order chi connectivity index (χ1) is 9.84. The standard InChI is InChI=1S/C16H24N4O/c1-14(2)15(3)10-11(16(14,4)20(21)19-15)13-9-7-5-6-8(9)12(10)17-18-13/h8-13H,5-7H2,1-4H3/t8-,9?,10?,11-,12?,13+,15?,16+/m0/s1. The highest BCUT2D eigenvalue weighted by Gasteiger charge is 2.85. The molecule has 8 atom stereocenters. The van der Waals surface area contributed by atoms with Crippen LogP contribution in [0.5, 0.6) is 0 Å². The lowest BCUT2D eigenvalue weighted by atomic mass is 9.59. The number of nitrogens with zero attached hydrogens (tertiary/aromatic N) is 4. The minimum atomic E-state index is -0.428. The van der Waals surface area contributed by atoms with E-state index in [4.69, 9.17) is 10.2 Å². The van der Waals surface area contributed by atoms with Crippen molar-refractivity contribution in [2.24, 2.45) is 44.4 Å². The zero-order valence-corrected chi connectivity index (χ0v) is 13.3. The Bertz CT molecular complexity index is 599. The van der Waals surface area contributed by atoms with E-state index in [9.17, 15) is 5.21 Å². The average Bonchev–Trinajstić information content (AvgIpc) is 3.02. The first-order valence-electron chi connectivity index (χ1n) is 8.44. The average molecular weight is 288 g/mol. The molecule has 5 heteroatoms. The summed E-state index contributed by atoms with van der Waals surface area (Å²) in [7, 11) is 0. The molecule has 6 rings (SSSR count). The minimum absolute atomic E-state index is 0.123. The van der Waals surface area contributed by atoms with Crippen LogP contribution in [0.3, 0.4) is 0 Å². The van der Waals surface area contributed by atoms with Gasteiger partial charge in [0.05, 0.1) is 23.4 Å². The number of hydrogen-bond donors (Lipinski definition) is 0. The van der Waals surface area contributed by atoms with Crippen LogP contribution in [0.1, 0.15) is 47.0 Å². The van der Waals surface area contributed by atoms with E-state index in [1.807, 2.05) is 0 Å². The van der Waals surface area contributed by atoms with Crippen LogP contribution in [0.2, 0.25) is 0 Å². The molecule has 3 heterocycles. The van der Waals surface area contributed by atoms with Gasteiger partial charge in [0.25, 0.3) is 0 Å². The van der Waals surface area contributed by atoms with Gasteiger partial charge in [0.15, 0.2) is 0 Å². The van der Waals surface area contributed by atoms with Gasteiger partial charge in [-0.15, -0.1) is 0 Å². The maximum Gasteiger partial charge on any atom is 0.209 e. The van der Waals surface area contributed by atoms with Crippen LogP contribution in [0.4, 0.5) is 0 Å². The zero-order chi connectivity index (χ0) is 14.8. The first kappa shape index (κ1) is 12.5. The molecule has 3 aliphatic carbocycles. The molecule has 21 heavy (non-hydrogen) atoms. The second kappa shape index (κ2) is 3.18. The van der Waals surface area contributed by atoms with Crippen molar-refractivity contribution in [3.05, 3.63) is 5.21 Å². The van der Waals surface area contributed by atoms with Gasteiger partial charge in [-0.25, -0.2) is 0 Å². The van der Waals surface area contributed by atoms with E-state index in [1.165, 1.54) is 19.3 Å². The van der Waals surface area contributed by atoms with Crippen molar-refractivity contribution < 1.29 is 4.86 Å². The molecule has 6 aliphatic rings. The summed E-state index contributed by atoms with van der Waals surface area (Å²) >= 11 is 0. The normalized spacial score (nSPS) is 61.8. The fraction of sp³-hybridized carbons (Fsp3) is 1.00. The van der Waals surface area contributed by atoms with Crippen LogP contribution in [0, 0.1) is 34.3 Å². The molecule has 4 bridgehead atoms. The second-order valence-corrected chi connectivity index (χ2v) is 8.82. The van der Waals surface area contributed by atoms with Crippen molar-refractivity contribution in [1.82, 2.24) is 0 Å².